The van der Waals surface area contributed by atoms with Gasteiger partial charge in [-0.3, -0.25) is 0 Å². The summed E-state index contributed by atoms with van der Waals surface area (Å²) in [6.07, 6.45) is 16.9. The molecular weight excluding hydrogens is 374 g/mol. The molecule has 0 saturated heterocycles. The third-order valence-corrected chi connectivity index (χ3v) is 6.04. The summed E-state index contributed by atoms with van der Waals surface area (Å²) in [5, 5.41) is 3.66. The van der Waals surface area contributed by atoms with Gasteiger partial charge >= 0.3 is 0 Å². The van der Waals surface area contributed by atoms with E-state index in [-0.39, 0.29) is 0 Å². The highest BCUT2D eigenvalue weighted by molar-refractivity contribution is 5.85. The fourth-order valence-electron chi connectivity index (χ4n) is 4.37. The van der Waals surface area contributed by atoms with Crippen molar-refractivity contribution >= 4 is 16.8 Å². The van der Waals surface area contributed by atoms with Gasteiger partial charge in [0, 0.05) is 11.7 Å². The summed E-state index contributed by atoms with van der Waals surface area (Å²) in [6.45, 7) is 0. The SMILES string of the molecule is C1=CCCC(c2ccccc2C2=CCC(Nc3ccc(-c4ccccc4)cc3)C=C2)=C1. The van der Waals surface area contributed by atoms with Crippen molar-refractivity contribution in [3.63, 3.8) is 0 Å². The molecule has 0 saturated carbocycles. The zero-order chi connectivity index (χ0) is 20.9. The molecular formula is C30H27N. The lowest BCUT2D eigenvalue weighted by atomic mass is 9.88. The molecule has 0 aromatic heterocycles. The number of hydrogen-bond acceptors (Lipinski definition) is 1. The molecule has 0 radical (unpaired) electrons. The van der Waals surface area contributed by atoms with E-state index in [1.54, 1.807) is 0 Å². The molecule has 0 heterocycles. The third kappa shape index (κ3) is 4.46. The maximum atomic E-state index is 3.66. The number of rotatable bonds is 5. The molecule has 31 heavy (non-hydrogen) atoms. The highest BCUT2D eigenvalue weighted by Gasteiger charge is 2.14. The predicted molar refractivity (Wildman–Crippen MR) is 134 cm³/mol. The number of benzene rings is 3. The van der Waals surface area contributed by atoms with E-state index in [1.165, 1.54) is 33.4 Å². The van der Waals surface area contributed by atoms with Gasteiger partial charge < -0.3 is 5.32 Å². The molecule has 1 heteroatoms. The molecule has 1 unspecified atom stereocenters. The molecule has 0 spiro atoms. The maximum Gasteiger partial charge on any atom is 0.0482 e. The summed E-state index contributed by atoms with van der Waals surface area (Å²) in [5.41, 5.74) is 9.12. The summed E-state index contributed by atoms with van der Waals surface area (Å²) < 4.78 is 0. The fraction of sp³-hybridized carbons (Fsp3) is 0.133. The first-order chi connectivity index (χ1) is 15.4. The van der Waals surface area contributed by atoms with Crippen molar-refractivity contribution < 1.29 is 0 Å². The summed E-state index contributed by atoms with van der Waals surface area (Å²) >= 11 is 0. The van der Waals surface area contributed by atoms with Crippen LogP contribution in [0, 0.1) is 0 Å². The van der Waals surface area contributed by atoms with Gasteiger partial charge in [0.15, 0.2) is 0 Å². The minimum atomic E-state index is 0.315. The van der Waals surface area contributed by atoms with Gasteiger partial charge in [0.05, 0.1) is 0 Å². The summed E-state index contributed by atoms with van der Waals surface area (Å²) in [4.78, 5) is 0. The molecule has 0 bridgehead atoms. The minimum absolute atomic E-state index is 0.315. The highest BCUT2D eigenvalue weighted by atomic mass is 14.9. The Morgan fingerprint density at radius 3 is 2.19 bits per heavy atom. The molecule has 3 aromatic carbocycles. The van der Waals surface area contributed by atoms with E-state index < -0.39 is 0 Å². The van der Waals surface area contributed by atoms with Crippen LogP contribution < -0.4 is 5.32 Å². The summed E-state index contributed by atoms with van der Waals surface area (Å²) in [6, 6.07) is 28.4. The monoisotopic (exact) mass is 401 g/mol. The van der Waals surface area contributed by atoms with Gasteiger partial charge in [-0.25, -0.2) is 0 Å². The second-order valence-corrected chi connectivity index (χ2v) is 8.15. The standard InChI is InChI=1S/C30H27N/c1-3-9-23(10-4-1)24-15-19-27(20-16-24)31-28-21-17-26(18-22-28)30-14-8-7-13-29(30)25-11-5-2-6-12-25/h1-5,7-11,13-21,28,31H,6,12,22H2. The third-order valence-electron chi connectivity index (χ3n) is 6.04. The summed E-state index contributed by atoms with van der Waals surface area (Å²) in [5.74, 6) is 0. The summed E-state index contributed by atoms with van der Waals surface area (Å²) in [7, 11) is 0. The number of anilines is 1. The van der Waals surface area contributed by atoms with Crippen molar-refractivity contribution in [2.75, 3.05) is 5.32 Å². The zero-order valence-corrected chi connectivity index (χ0v) is 17.7. The van der Waals surface area contributed by atoms with Crippen molar-refractivity contribution in [3.8, 4) is 11.1 Å². The Morgan fingerprint density at radius 1 is 0.742 bits per heavy atom. The zero-order valence-electron chi connectivity index (χ0n) is 17.7. The van der Waals surface area contributed by atoms with Crippen LogP contribution in [0.1, 0.15) is 30.4 Å². The largest absolute Gasteiger partial charge is 0.379 e. The van der Waals surface area contributed by atoms with Crippen molar-refractivity contribution in [1.29, 1.82) is 0 Å². The Bertz CT molecular complexity index is 1160. The van der Waals surface area contributed by atoms with Crippen LogP contribution in [0.25, 0.3) is 22.3 Å². The van der Waals surface area contributed by atoms with Crippen LogP contribution in [0.15, 0.2) is 115 Å². The normalized spacial score (nSPS) is 17.7. The van der Waals surface area contributed by atoms with Crippen LogP contribution >= 0.6 is 0 Å². The van der Waals surface area contributed by atoms with E-state index in [1.807, 2.05) is 0 Å². The average molecular weight is 402 g/mol. The number of allylic oxidation sites excluding steroid dienone is 6. The molecule has 2 aliphatic carbocycles. The van der Waals surface area contributed by atoms with E-state index in [0.29, 0.717) is 6.04 Å². The lowest BCUT2D eigenvalue weighted by Gasteiger charge is -2.21. The van der Waals surface area contributed by atoms with Gasteiger partial charge in [0.1, 0.15) is 0 Å². The Balaban J connectivity index is 1.28. The predicted octanol–water partition coefficient (Wildman–Crippen LogP) is 7.91. The van der Waals surface area contributed by atoms with E-state index in [0.717, 1.165) is 24.9 Å². The number of nitrogens with one attached hydrogen (secondary N) is 1. The molecule has 2 aliphatic rings. The van der Waals surface area contributed by atoms with Crippen LogP contribution in [0.2, 0.25) is 0 Å². The van der Waals surface area contributed by atoms with Crippen LogP contribution in [0.5, 0.6) is 0 Å². The molecule has 0 amide bonds. The van der Waals surface area contributed by atoms with E-state index in [4.69, 9.17) is 0 Å². The molecule has 5 rings (SSSR count). The second kappa shape index (κ2) is 9.06. The molecule has 0 fully saturated rings. The molecule has 0 aliphatic heterocycles. The molecule has 1 N–H and O–H groups in total. The molecule has 1 atom stereocenters. The Hall–Kier alpha value is -3.58. The molecule has 152 valence electrons. The fourth-order valence-corrected chi connectivity index (χ4v) is 4.37. The van der Waals surface area contributed by atoms with E-state index in [2.05, 4.69) is 121 Å². The Labute approximate surface area is 185 Å². The maximum absolute atomic E-state index is 3.66. The van der Waals surface area contributed by atoms with E-state index >= 15 is 0 Å². The van der Waals surface area contributed by atoms with Crippen LogP contribution in [0.4, 0.5) is 5.69 Å². The Kier molecular flexibility index (Phi) is 5.66. The van der Waals surface area contributed by atoms with Crippen molar-refractivity contribution in [2.24, 2.45) is 0 Å². The van der Waals surface area contributed by atoms with Gasteiger partial charge in [0.25, 0.3) is 0 Å². The van der Waals surface area contributed by atoms with Crippen molar-refractivity contribution in [1.82, 2.24) is 0 Å². The van der Waals surface area contributed by atoms with E-state index in [9.17, 15) is 0 Å². The average Bonchev–Trinajstić information content (AvgIpc) is 2.86. The van der Waals surface area contributed by atoms with Gasteiger partial charge in [-0.2, -0.15) is 0 Å². The van der Waals surface area contributed by atoms with Gasteiger partial charge in [-0.15, -0.1) is 0 Å². The first-order valence-corrected chi connectivity index (χ1v) is 11.1. The first kappa shape index (κ1) is 19.4. The molecule has 3 aromatic rings. The van der Waals surface area contributed by atoms with Gasteiger partial charge in [-0.1, -0.05) is 103 Å². The Morgan fingerprint density at radius 2 is 1.48 bits per heavy atom. The highest BCUT2D eigenvalue weighted by Crippen LogP contribution is 2.32. The quantitative estimate of drug-likeness (QED) is 0.458. The van der Waals surface area contributed by atoms with Crippen LogP contribution in [-0.4, -0.2) is 6.04 Å². The number of hydrogen-bond donors (Lipinski definition) is 1. The van der Waals surface area contributed by atoms with Gasteiger partial charge in [-0.05, 0) is 64.8 Å². The van der Waals surface area contributed by atoms with Gasteiger partial charge in [0.2, 0.25) is 0 Å². The topological polar surface area (TPSA) is 12.0 Å². The first-order valence-electron chi connectivity index (χ1n) is 11.1. The van der Waals surface area contributed by atoms with Crippen LogP contribution in [-0.2, 0) is 0 Å². The van der Waals surface area contributed by atoms with Crippen LogP contribution in [0.3, 0.4) is 0 Å². The minimum Gasteiger partial charge on any atom is -0.379 e. The molecule has 1 nitrogen and oxygen atoms in total. The van der Waals surface area contributed by atoms with Crippen molar-refractivity contribution in [2.45, 2.75) is 25.3 Å². The lowest BCUT2D eigenvalue weighted by molar-refractivity contribution is 0.886. The smallest absolute Gasteiger partial charge is 0.0482 e. The lowest BCUT2D eigenvalue weighted by Crippen LogP contribution is -2.17. The second-order valence-electron chi connectivity index (χ2n) is 8.15. The van der Waals surface area contributed by atoms with Crippen molar-refractivity contribution in [3.05, 3.63) is 126 Å².